The van der Waals surface area contributed by atoms with E-state index in [1.165, 1.54) is 4.31 Å². The van der Waals surface area contributed by atoms with Gasteiger partial charge in [-0.1, -0.05) is 60.7 Å². The maximum atomic E-state index is 13.7. The Hall–Kier alpha value is -3.69. The first-order valence-electron chi connectivity index (χ1n) is 12.9. The Kier molecular flexibility index (Phi) is 7.76. The molecule has 0 unspecified atom stereocenters. The summed E-state index contributed by atoms with van der Waals surface area (Å²) < 4.78 is 33.4. The second kappa shape index (κ2) is 11.4. The highest BCUT2D eigenvalue weighted by atomic mass is 32.2. The number of anilines is 1. The van der Waals surface area contributed by atoms with Gasteiger partial charge in [-0.05, 0) is 49.1 Å². The van der Waals surface area contributed by atoms with Crippen molar-refractivity contribution in [2.24, 2.45) is 5.92 Å². The van der Waals surface area contributed by atoms with Gasteiger partial charge in [0, 0.05) is 25.6 Å². The van der Waals surface area contributed by atoms with E-state index in [0.717, 1.165) is 5.56 Å². The topological polar surface area (TPSA) is 96.0 Å². The van der Waals surface area contributed by atoms with E-state index >= 15 is 0 Å². The number of sulfonamides is 1. The molecule has 0 aliphatic carbocycles. The molecule has 0 bridgehead atoms. The number of amides is 2. The van der Waals surface area contributed by atoms with Crippen LogP contribution in [0.3, 0.4) is 0 Å². The number of nitrogens with one attached hydrogen (secondary N) is 1. The molecule has 3 aromatic carbocycles. The lowest BCUT2D eigenvalue weighted by Crippen LogP contribution is -2.53. The Morgan fingerprint density at radius 3 is 2.21 bits per heavy atom. The molecule has 1 fully saturated rings. The van der Waals surface area contributed by atoms with Gasteiger partial charge in [-0.2, -0.15) is 4.31 Å². The molecule has 2 aliphatic rings. The van der Waals surface area contributed by atoms with Crippen LogP contribution in [0.1, 0.15) is 18.4 Å². The van der Waals surface area contributed by atoms with E-state index in [4.69, 9.17) is 4.74 Å². The lowest BCUT2D eigenvalue weighted by molar-refractivity contribution is -0.129. The van der Waals surface area contributed by atoms with Gasteiger partial charge in [0.25, 0.3) is 5.91 Å². The van der Waals surface area contributed by atoms with E-state index in [1.807, 2.05) is 48.5 Å². The quantitative estimate of drug-likeness (QED) is 0.503. The second-order valence-corrected chi connectivity index (χ2v) is 11.5. The molecule has 2 heterocycles. The fourth-order valence-electron chi connectivity index (χ4n) is 4.97. The number of hydrogen-bond acceptors (Lipinski definition) is 5. The van der Waals surface area contributed by atoms with Gasteiger partial charge in [0.1, 0.15) is 5.75 Å². The van der Waals surface area contributed by atoms with Crippen LogP contribution >= 0.6 is 0 Å². The minimum atomic E-state index is -3.60. The smallest absolute Gasteiger partial charge is 0.262 e. The van der Waals surface area contributed by atoms with Crippen molar-refractivity contribution in [1.29, 1.82) is 0 Å². The van der Waals surface area contributed by atoms with Crippen molar-refractivity contribution < 1.29 is 22.7 Å². The molecule has 1 atom stereocenters. The Morgan fingerprint density at radius 1 is 0.868 bits per heavy atom. The molecule has 8 nitrogen and oxygen atoms in total. The molecular weight excluding hydrogens is 502 g/mol. The number of rotatable bonds is 7. The number of carbonyl (C=O) groups is 2. The van der Waals surface area contributed by atoms with E-state index in [1.54, 1.807) is 41.3 Å². The van der Waals surface area contributed by atoms with Gasteiger partial charge in [-0.25, -0.2) is 8.42 Å². The van der Waals surface area contributed by atoms with E-state index in [0.29, 0.717) is 37.2 Å². The summed E-state index contributed by atoms with van der Waals surface area (Å²) >= 11 is 0. The Labute approximate surface area is 223 Å². The van der Waals surface area contributed by atoms with Crippen LogP contribution in [0, 0.1) is 5.92 Å². The third-order valence-electron chi connectivity index (χ3n) is 7.07. The van der Waals surface area contributed by atoms with Crippen molar-refractivity contribution in [1.82, 2.24) is 9.62 Å². The molecular formula is C29H31N3O5S. The van der Waals surface area contributed by atoms with Crippen LogP contribution in [-0.2, 0) is 26.0 Å². The van der Waals surface area contributed by atoms with Crippen LogP contribution < -0.4 is 15.0 Å². The van der Waals surface area contributed by atoms with E-state index in [9.17, 15) is 18.0 Å². The first-order valence-corrected chi connectivity index (χ1v) is 14.3. The van der Waals surface area contributed by atoms with Crippen LogP contribution in [0.25, 0.3) is 0 Å². The van der Waals surface area contributed by atoms with Crippen molar-refractivity contribution in [2.75, 3.05) is 31.1 Å². The zero-order valence-electron chi connectivity index (χ0n) is 21.0. The fraction of sp³-hybridized carbons (Fsp3) is 0.310. The molecule has 9 heteroatoms. The fourth-order valence-corrected chi connectivity index (χ4v) is 6.46. The zero-order valence-corrected chi connectivity index (χ0v) is 21.8. The highest BCUT2D eigenvalue weighted by Gasteiger charge is 2.38. The lowest BCUT2D eigenvalue weighted by Gasteiger charge is -2.38. The first-order chi connectivity index (χ1) is 18.4. The minimum absolute atomic E-state index is 0.107. The van der Waals surface area contributed by atoms with Gasteiger partial charge < -0.3 is 15.0 Å². The average molecular weight is 534 g/mol. The summed E-state index contributed by atoms with van der Waals surface area (Å²) in [5.41, 5.74) is 1.75. The predicted octanol–water partition coefficient (Wildman–Crippen LogP) is 3.24. The maximum absolute atomic E-state index is 13.7. The second-order valence-electron chi connectivity index (χ2n) is 9.54. The third-order valence-corrected chi connectivity index (χ3v) is 8.98. The van der Waals surface area contributed by atoms with Crippen LogP contribution in [-0.4, -0.2) is 56.8 Å². The summed E-state index contributed by atoms with van der Waals surface area (Å²) in [6, 6.07) is 25.5. The molecule has 38 heavy (non-hydrogen) atoms. The molecule has 0 radical (unpaired) electrons. The van der Waals surface area contributed by atoms with Crippen molar-refractivity contribution in [3.8, 4) is 5.75 Å². The van der Waals surface area contributed by atoms with E-state index < -0.39 is 16.1 Å². The molecule has 1 N–H and O–H groups in total. The molecule has 5 rings (SSSR count). The summed E-state index contributed by atoms with van der Waals surface area (Å²) in [4.78, 5) is 28.6. The third kappa shape index (κ3) is 5.58. The zero-order chi connectivity index (χ0) is 26.5. The van der Waals surface area contributed by atoms with Crippen molar-refractivity contribution in [2.45, 2.75) is 30.3 Å². The van der Waals surface area contributed by atoms with Crippen molar-refractivity contribution in [3.05, 3.63) is 90.5 Å². The summed E-state index contributed by atoms with van der Waals surface area (Å²) in [5.74, 6) is -0.235. The number of fused-ring (bicyclic) bond motifs is 1. The Balaban J connectivity index is 1.24. The highest BCUT2D eigenvalue weighted by Crippen LogP contribution is 2.35. The Morgan fingerprint density at radius 2 is 1.50 bits per heavy atom. The Bertz CT molecular complexity index is 1370. The van der Waals surface area contributed by atoms with E-state index in [2.05, 4.69) is 5.32 Å². The number of hydrogen-bond donors (Lipinski definition) is 1. The highest BCUT2D eigenvalue weighted by molar-refractivity contribution is 7.89. The first kappa shape index (κ1) is 25.9. The van der Waals surface area contributed by atoms with Crippen LogP contribution in [0.4, 0.5) is 5.69 Å². The van der Waals surface area contributed by atoms with Gasteiger partial charge in [0.2, 0.25) is 15.9 Å². The van der Waals surface area contributed by atoms with Gasteiger partial charge >= 0.3 is 0 Å². The molecule has 0 spiro atoms. The predicted molar refractivity (Wildman–Crippen MR) is 144 cm³/mol. The molecule has 1 saturated heterocycles. The minimum Gasteiger partial charge on any atom is -0.477 e. The largest absolute Gasteiger partial charge is 0.477 e. The van der Waals surface area contributed by atoms with Gasteiger partial charge in [-0.15, -0.1) is 0 Å². The van der Waals surface area contributed by atoms with Crippen LogP contribution in [0.15, 0.2) is 89.8 Å². The lowest BCUT2D eigenvalue weighted by atomic mass is 9.95. The molecule has 3 aromatic rings. The molecule has 198 valence electrons. The molecule has 2 aliphatic heterocycles. The van der Waals surface area contributed by atoms with Gasteiger partial charge in [0.15, 0.2) is 6.10 Å². The summed E-state index contributed by atoms with van der Waals surface area (Å²) in [6.07, 6.45) is 0.697. The van der Waals surface area contributed by atoms with Gasteiger partial charge in [-0.3, -0.25) is 9.59 Å². The number of carbonyl (C=O) groups excluding carboxylic acids is 2. The summed E-state index contributed by atoms with van der Waals surface area (Å²) in [7, 11) is -3.60. The van der Waals surface area contributed by atoms with Gasteiger partial charge in [0.05, 0.1) is 17.1 Å². The number of benzene rings is 3. The monoisotopic (exact) mass is 533 g/mol. The van der Waals surface area contributed by atoms with E-state index in [-0.39, 0.29) is 42.3 Å². The molecule has 0 aromatic heterocycles. The van der Waals surface area contributed by atoms with Crippen molar-refractivity contribution in [3.63, 3.8) is 0 Å². The standard InChI is InChI=1S/C29H31N3O5S/c33-28(30-18-15-22-9-3-1-4-10-22)27-21-32(25-13-7-8-14-26(25)37-27)29(34)23-16-19-31(20-17-23)38(35,36)24-11-5-2-6-12-24/h1-14,23,27H,15-21H2,(H,30,33)/t27-/m1/s1. The summed E-state index contributed by atoms with van der Waals surface area (Å²) in [6.45, 7) is 1.11. The number of nitrogens with zero attached hydrogens (tertiary/aromatic N) is 2. The SMILES string of the molecule is O=C(NCCc1ccccc1)[C@H]1CN(C(=O)C2CCN(S(=O)(=O)c3ccccc3)CC2)c2ccccc2O1. The molecule has 2 amide bonds. The summed E-state index contributed by atoms with van der Waals surface area (Å²) in [5, 5.41) is 2.93. The average Bonchev–Trinajstić information content (AvgIpc) is 2.97. The van der Waals surface area contributed by atoms with Crippen LogP contribution in [0.2, 0.25) is 0 Å². The van der Waals surface area contributed by atoms with Crippen molar-refractivity contribution >= 4 is 27.5 Å². The number of para-hydroxylation sites is 2. The van der Waals surface area contributed by atoms with Crippen LogP contribution in [0.5, 0.6) is 5.75 Å². The molecule has 0 saturated carbocycles. The number of ether oxygens (including phenoxy) is 1. The maximum Gasteiger partial charge on any atom is 0.262 e. The normalized spacial score (nSPS) is 18.3. The number of piperidine rings is 1.